The van der Waals surface area contributed by atoms with Crippen LogP contribution in [0.1, 0.15) is 33.1 Å². The molecule has 1 fully saturated rings. The van der Waals surface area contributed by atoms with Gasteiger partial charge in [-0.1, -0.05) is 19.8 Å². The van der Waals surface area contributed by atoms with Gasteiger partial charge in [0, 0.05) is 19.1 Å². The van der Waals surface area contributed by atoms with Gasteiger partial charge in [0.25, 0.3) is 0 Å². The first kappa shape index (κ1) is 12.5. The molecule has 2 nitrogen and oxygen atoms in total. The van der Waals surface area contributed by atoms with Crippen molar-refractivity contribution in [1.82, 2.24) is 4.90 Å². The summed E-state index contributed by atoms with van der Waals surface area (Å²) in [6.07, 6.45) is 9.20. The summed E-state index contributed by atoms with van der Waals surface area (Å²) in [6.45, 7) is 7.37. The van der Waals surface area contributed by atoms with E-state index >= 15 is 0 Å². The van der Waals surface area contributed by atoms with Crippen LogP contribution in [0.2, 0.25) is 0 Å². The normalized spacial score (nSPS) is 18.1. The van der Waals surface area contributed by atoms with Crippen LogP contribution in [0.4, 0.5) is 0 Å². The Morgan fingerprint density at radius 2 is 2.13 bits per heavy atom. The van der Waals surface area contributed by atoms with Gasteiger partial charge in [0.15, 0.2) is 0 Å². The van der Waals surface area contributed by atoms with Gasteiger partial charge in [-0.2, -0.15) is 0 Å². The summed E-state index contributed by atoms with van der Waals surface area (Å²) in [5.41, 5.74) is 6.03. The van der Waals surface area contributed by atoms with Crippen LogP contribution in [0.15, 0.2) is 0 Å². The van der Waals surface area contributed by atoms with E-state index in [0.717, 1.165) is 25.4 Å². The first-order valence-electron chi connectivity index (χ1n) is 6.05. The van der Waals surface area contributed by atoms with Crippen LogP contribution < -0.4 is 5.73 Å². The van der Waals surface area contributed by atoms with Crippen LogP contribution >= 0.6 is 0 Å². The number of hydrogen-bond donors (Lipinski definition) is 1. The topological polar surface area (TPSA) is 29.3 Å². The van der Waals surface area contributed by atoms with Gasteiger partial charge in [0.2, 0.25) is 0 Å². The molecule has 0 saturated heterocycles. The summed E-state index contributed by atoms with van der Waals surface area (Å²) < 4.78 is 0. The predicted octanol–water partition coefficient (Wildman–Crippen LogP) is 1.70. The van der Waals surface area contributed by atoms with Crippen molar-refractivity contribution in [3.63, 3.8) is 0 Å². The van der Waals surface area contributed by atoms with E-state index in [2.05, 4.69) is 24.7 Å². The third-order valence-electron chi connectivity index (χ3n) is 3.16. The van der Waals surface area contributed by atoms with E-state index in [0.29, 0.717) is 12.0 Å². The highest BCUT2D eigenvalue weighted by Gasteiger charge is 2.24. The smallest absolute Gasteiger partial charge is 0.0599 e. The minimum atomic E-state index is 0.310. The van der Waals surface area contributed by atoms with E-state index in [4.69, 9.17) is 12.2 Å². The van der Waals surface area contributed by atoms with E-state index < -0.39 is 0 Å². The van der Waals surface area contributed by atoms with Crippen LogP contribution in [0.3, 0.4) is 0 Å². The minimum absolute atomic E-state index is 0.310. The van der Waals surface area contributed by atoms with E-state index in [9.17, 15) is 0 Å². The molecule has 0 aliphatic heterocycles. The molecule has 1 aliphatic rings. The molecule has 86 valence electrons. The van der Waals surface area contributed by atoms with Gasteiger partial charge in [-0.3, -0.25) is 4.90 Å². The number of rotatable bonds is 7. The largest absolute Gasteiger partial charge is 0.327 e. The molecular formula is C13H24N2. The Morgan fingerprint density at radius 3 is 2.60 bits per heavy atom. The van der Waals surface area contributed by atoms with E-state index in [1.54, 1.807) is 0 Å². The van der Waals surface area contributed by atoms with Gasteiger partial charge < -0.3 is 5.73 Å². The summed E-state index contributed by atoms with van der Waals surface area (Å²) in [4.78, 5) is 2.37. The lowest BCUT2D eigenvalue weighted by atomic mass is 10.0. The van der Waals surface area contributed by atoms with E-state index in [1.165, 1.54) is 19.4 Å². The average Bonchev–Trinajstić information content (AvgIpc) is 2.97. The SMILES string of the molecule is C#CCN(CCC(N)C(C)C)CC1CC1. The fourth-order valence-corrected chi connectivity index (χ4v) is 1.69. The van der Waals surface area contributed by atoms with Crippen molar-refractivity contribution in [3.8, 4) is 12.3 Å². The first-order valence-corrected chi connectivity index (χ1v) is 6.05. The molecule has 0 radical (unpaired) electrons. The van der Waals surface area contributed by atoms with E-state index in [1.807, 2.05) is 0 Å². The van der Waals surface area contributed by atoms with Crippen molar-refractivity contribution < 1.29 is 0 Å². The molecule has 1 rings (SSSR count). The molecule has 1 unspecified atom stereocenters. The molecule has 0 aromatic rings. The zero-order valence-corrected chi connectivity index (χ0v) is 10.1. The molecule has 15 heavy (non-hydrogen) atoms. The number of nitrogens with zero attached hydrogens (tertiary/aromatic N) is 1. The molecule has 1 aliphatic carbocycles. The Balaban J connectivity index is 2.21. The van der Waals surface area contributed by atoms with Crippen LogP contribution in [0.5, 0.6) is 0 Å². The second-order valence-electron chi connectivity index (χ2n) is 5.08. The lowest BCUT2D eigenvalue weighted by molar-refractivity contribution is 0.271. The minimum Gasteiger partial charge on any atom is -0.327 e. The molecule has 2 N–H and O–H groups in total. The molecule has 1 atom stereocenters. The van der Waals surface area contributed by atoms with Crippen molar-refractivity contribution in [1.29, 1.82) is 0 Å². The summed E-state index contributed by atoms with van der Waals surface area (Å²) in [5.74, 6) is 4.22. The zero-order chi connectivity index (χ0) is 11.3. The summed E-state index contributed by atoms with van der Waals surface area (Å²) >= 11 is 0. The van der Waals surface area contributed by atoms with Crippen molar-refractivity contribution in [2.45, 2.75) is 39.2 Å². The van der Waals surface area contributed by atoms with Crippen LogP contribution in [-0.2, 0) is 0 Å². The van der Waals surface area contributed by atoms with Crippen molar-refractivity contribution in [2.24, 2.45) is 17.6 Å². The van der Waals surface area contributed by atoms with Crippen LogP contribution in [0, 0.1) is 24.2 Å². The lowest BCUT2D eigenvalue weighted by Crippen LogP contribution is -2.34. The molecule has 1 saturated carbocycles. The highest BCUT2D eigenvalue weighted by atomic mass is 15.1. The van der Waals surface area contributed by atoms with Crippen LogP contribution in [-0.4, -0.2) is 30.6 Å². The van der Waals surface area contributed by atoms with Gasteiger partial charge in [-0.25, -0.2) is 0 Å². The maximum Gasteiger partial charge on any atom is 0.0599 e. The quantitative estimate of drug-likeness (QED) is 0.645. The molecule has 0 aromatic heterocycles. The van der Waals surface area contributed by atoms with Crippen molar-refractivity contribution >= 4 is 0 Å². The van der Waals surface area contributed by atoms with Gasteiger partial charge in [-0.05, 0) is 31.1 Å². The molecular weight excluding hydrogens is 184 g/mol. The third-order valence-corrected chi connectivity index (χ3v) is 3.16. The van der Waals surface area contributed by atoms with Gasteiger partial charge >= 0.3 is 0 Å². The Morgan fingerprint density at radius 1 is 1.47 bits per heavy atom. The molecule has 0 spiro atoms. The van der Waals surface area contributed by atoms with Gasteiger partial charge in [-0.15, -0.1) is 6.42 Å². The Kier molecular flexibility index (Phi) is 5.14. The Hall–Kier alpha value is -0.520. The highest BCUT2D eigenvalue weighted by Crippen LogP contribution is 2.29. The number of hydrogen-bond acceptors (Lipinski definition) is 2. The summed E-state index contributed by atoms with van der Waals surface area (Å²) in [5, 5.41) is 0. The van der Waals surface area contributed by atoms with Crippen molar-refractivity contribution in [2.75, 3.05) is 19.6 Å². The molecule has 2 heteroatoms. The fraction of sp³-hybridized carbons (Fsp3) is 0.846. The first-order chi connectivity index (χ1) is 7.13. The maximum absolute atomic E-state index is 6.03. The number of nitrogens with two attached hydrogens (primary N) is 1. The van der Waals surface area contributed by atoms with Crippen LogP contribution in [0.25, 0.3) is 0 Å². The fourth-order valence-electron chi connectivity index (χ4n) is 1.69. The molecule has 0 amide bonds. The summed E-state index contributed by atoms with van der Waals surface area (Å²) in [7, 11) is 0. The summed E-state index contributed by atoms with van der Waals surface area (Å²) in [6, 6.07) is 0.310. The van der Waals surface area contributed by atoms with Gasteiger partial charge in [0.1, 0.15) is 0 Å². The van der Waals surface area contributed by atoms with Crippen molar-refractivity contribution in [3.05, 3.63) is 0 Å². The predicted molar refractivity (Wildman–Crippen MR) is 65.4 cm³/mol. The molecule has 0 aromatic carbocycles. The third kappa shape index (κ3) is 5.20. The maximum atomic E-state index is 6.03. The molecule has 0 bridgehead atoms. The Bertz CT molecular complexity index is 213. The second kappa shape index (κ2) is 6.15. The van der Waals surface area contributed by atoms with Gasteiger partial charge in [0.05, 0.1) is 6.54 Å². The van der Waals surface area contributed by atoms with E-state index in [-0.39, 0.29) is 0 Å². The zero-order valence-electron chi connectivity index (χ0n) is 10.1. The lowest BCUT2D eigenvalue weighted by Gasteiger charge is -2.23. The monoisotopic (exact) mass is 208 g/mol. The number of terminal acetylenes is 1. The standard InChI is InChI=1S/C13H24N2/c1-4-8-15(10-12-5-6-12)9-7-13(14)11(2)3/h1,11-13H,5-10,14H2,2-3H3. The highest BCUT2D eigenvalue weighted by molar-refractivity contribution is 4.90. The second-order valence-corrected chi connectivity index (χ2v) is 5.08. The Labute approximate surface area is 94.2 Å². The molecule has 0 heterocycles. The average molecular weight is 208 g/mol.